The zero-order valence-corrected chi connectivity index (χ0v) is 10.6. The first-order valence-electron chi connectivity index (χ1n) is 5.62. The summed E-state index contributed by atoms with van der Waals surface area (Å²) in [4.78, 5) is 29.4. The van der Waals surface area contributed by atoms with E-state index in [-0.39, 0.29) is 5.56 Å². The molecule has 0 bridgehead atoms. The minimum atomic E-state index is -0.422. The van der Waals surface area contributed by atoms with Crippen LogP contribution in [-0.2, 0) is 4.74 Å². The molecule has 2 N–H and O–H groups in total. The monoisotopic (exact) mass is 259 g/mol. The van der Waals surface area contributed by atoms with Gasteiger partial charge in [0.25, 0.3) is 5.56 Å². The number of aromatic amines is 1. The van der Waals surface area contributed by atoms with E-state index in [0.717, 1.165) is 0 Å². The zero-order valence-electron chi connectivity index (χ0n) is 10.6. The summed E-state index contributed by atoms with van der Waals surface area (Å²) in [6.07, 6.45) is 0. The maximum Gasteiger partial charge on any atom is 0.337 e. The first kappa shape index (κ1) is 12.8. The van der Waals surface area contributed by atoms with E-state index in [1.165, 1.54) is 13.2 Å². The Morgan fingerprint density at radius 1 is 1.37 bits per heavy atom. The zero-order chi connectivity index (χ0) is 13.8. The second-order valence-electron chi connectivity index (χ2n) is 3.93. The van der Waals surface area contributed by atoms with Crippen LogP contribution in [0.2, 0.25) is 0 Å². The van der Waals surface area contributed by atoms with Crippen molar-refractivity contribution in [3.05, 3.63) is 51.9 Å². The number of esters is 1. The average molecular weight is 259 g/mol. The molecule has 0 amide bonds. The molecule has 0 aliphatic carbocycles. The van der Waals surface area contributed by atoms with Crippen molar-refractivity contribution in [2.24, 2.45) is 0 Å². The molecule has 6 heteroatoms. The predicted octanol–water partition coefficient (Wildman–Crippen LogP) is 1.61. The van der Waals surface area contributed by atoms with Gasteiger partial charge in [0.1, 0.15) is 0 Å². The second-order valence-corrected chi connectivity index (χ2v) is 3.93. The largest absolute Gasteiger partial charge is 0.465 e. The molecule has 2 rings (SSSR count). The molecule has 0 atom stereocenters. The summed E-state index contributed by atoms with van der Waals surface area (Å²) in [5.74, 6) is -0.0960. The van der Waals surface area contributed by atoms with Crippen LogP contribution in [0.5, 0.6) is 0 Å². The van der Waals surface area contributed by atoms with Crippen molar-refractivity contribution in [1.29, 1.82) is 0 Å². The molecule has 0 spiro atoms. The van der Waals surface area contributed by atoms with Gasteiger partial charge in [0.2, 0.25) is 5.95 Å². The summed E-state index contributed by atoms with van der Waals surface area (Å²) >= 11 is 0. The van der Waals surface area contributed by atoms with Crippen molar-refractivity contribution in [3.63, 3.8) is 0 Å². The van der Waals surface area contributed by atoms with E-state index in [1.807, 2.05) is 0 Å². The molecule has 0 aliphatic heterocycles. The molecule has 98 valence electrons. The first-order valence-corrected chi connectivity index (χ1v) is 5.62. The summed E-state index contributed by atoms with van der Waals surface area (Å²) in [6, 6.07) is 8.13. The van der Waals surface area contributed by atoms with Gasteiger partial charge in [0, 0.05) is 17.4 Å². The molecule has 0 aliphatic rings. The Bertz CT molecular complexity index is 664. The lowest BCUT2D eigenvalue weighted by molar-refractivity contribution is 0.0601. The van der Waals surface area contributed by atoms with E-state index in [2.05, 4.69) is 20.0 Å². The van der Waals surface area contributed by atoms with Crippen LogP contribution in [0, 0.1) is 6.92 Å². The molecule has 2 aromatic rings. The van der Waals surface area contributed by atoms with Gasteiger partial charge in [0.15, 0.2) is 0 Å². The lowest BCUT2D eigenvalue weighted by Gasteiger charge is -2.07. The van der Waals surface area contributed by atoms with Gasteiger partial charge >= 0.3 is 5.97 Å². The quantitative estimate of drug-likeness (QED) is 0.818. The lowest BCUT2D eigenvalue weighted by Crippen LogP contribution is -2.10. The lowest BCUT2D eigenvalue weighted by atomic mass is 10.2. The Morgan fingerprint density at radius 2 is 2.16 bits per heavy atom. The number of nitrogens with zero attached hydrogens (tertiary/aromatic N) is 1. The molecule has 19 heavy (non-hydrogen) atoms. The van der Waals surface area contributed by atoms with Gasteiger partial charge in [-0.1, -0.05) is 6.07 Å². The van der Waals surface area contributed by atoms with Crippen molar-refractivity contribution in [3.8, 4) is 0 Å². The van der Waals surface area contributed by atoms with Crippen molar-refractivity contribution in [1.82, 2.24) is 9.97 Å². The molecule has 0 saturated carbocycles. The number of benzene rings is 1. The summed E-state index contributed by atoms with van der Waals surface area (Å²) in [6.45, 7) is 1.73. The van der Waals surface area contributed by atoms with Crippen LogP contribution in [0.15, 0.2) is 35.1 Å². The standard InChI is InChI=1S/C13H13N3O3/c1-8-6-11(17)16-13(14-8)15-10-5-3-4-9(7-10)12(18)19-2/h3-7H,1-2H3,(H2,14,15,16,17). The van der Waals surface area contributed by atoms with Crippen molar-refractivity contribution < 1.29 is 9.53 Å². The van der Waals surface area contributed by atoms with Crippen LogP contribution >= 0.6 is 0 Å². The van der Waals surface area contributed by atoms with Crippen LogP contribution < -0.4 is 10.9 Å². The van der Waals surface area contributed by atoms with Crippen molar-refractivity contribution in [2.75, 3.05) is 12.4 Å². The van der Waals surface area contributed by atoms with Gasteiger partial charge < -0.3 is 10.1 Å². The molecule has 1 aromatic carbocycles. The summed E-state index contributed by atoms with van der Waals surface area (Å²) < 4.78 is 4.64. The van der Waals surface area contributed by atoms with Crippen LogP contribution in [0.1, 0.15) is 16.1 Å². The Morgan fingerprint density at radius 3 is 2.84 bits per heavy atom. The highest BCUT2D eigenvalue weighted by Gasteiger charge is 2.06. The number of rotatable bonds is 3. The maximum absolute atomic E-state index is 11.4. The van der Waals surface area contributed by atoms with Gasteiger partial charge in [-0.25, -0.2) is 9.78 Å². The van der Waals surface area contributed by atoms with Gasteiger partial charge in [-0.3, -0.25) is 9.78 Å². The summed E-state index contributed by atoms with van der Waals surface area (Å²) in [7, 11) is 1.32. The van der Waals surface area contributed by atoms with Gasteiger partial charge in [-0.15, -0.1) is 0 Å². The highest BCUT2D eigenvalue weighted by molar-refractivity contribution is 5.90. The first-order chi connectivity index (χ1) is 9.08. The predicted molar refractivity (Wildman–Crippen MR) is 70.7 cm³/mol. The molecule has 0 radical (unpaired) electrons. The molecule has 0 saturated heterocycles. The topological polar surface area (TPSA) is 84.1 Å². The molecule has 0 unspecified atom stereocenters. The minimum Gasteiger partial charge on any atom is -0.465 e. The van der Waals surface area contributed by atoms with Gasteiger partial charge in [0.05, 0.1) is 12.7 Å². The van der Waals surface area contributed by atoms with E-state index >= 15 is 0 Å². The second kappa shape index (κ2) is 5.34. The summed E-state index contributed by atoms with van der Waals surface area (Å²) in [5, 5.41) is 2.93. The number of methoxy groups -OCH3 is 1. The number of aromatic nitrogens is 2. The van der Waals surface area contributed by atoms with Crippen LogP contribution in [0.4, 0.5) is 11.6 Å². The number of ether oxygens (including phenoxy) is 1. The molecule has 6 nitrogen and oxygen atoms in total. The fourth-order valence-electron chi connectivity index (χ4n) is 1.62. The number of aryl methyl sites for hydroxylation is 1. The number of hydrogen-bond donors (Lipinski definition) is 2. The molecular weight excluding hydrogens is 246 g/mol. The van der Waals surface area contributed by atoms with Crippen molar-refractivity contribution >= 4 is 17.6 Å². The van der Waals surface area contributed by atoms with Crippen LogP contribution in [0.25, 0.3) is 0 Å². The minimum absolute atomic E-state index is 0.237. The number of H-pyrrole nitrogens is 1. The number of carbonyl (C=O) groups excluding carboxylic acids is 1. The SMILES string of the molecule is COC(=O)c1cccc(Nc2nc(C)cc(=O)[nH]2)c1. The fourth-order valence-corrected chi connectivity index (χ4v) is 1.62. The Kier molecular flexibility index (Phi) is 3.61. The van der Waals surface area contributed by atoms with E-state index in [4.69, 9.17) is 0 Å². The smallest absolute Gasteiger partial charge is 0.337 e. The fraction of sp³-hybridized carbons (Fsp3) is 0.154. The van der Waals surface area contributed by atoms with Gasteiger partial charge in [-0.05, 0) is 25.1 Å². The Hall–Kier alpha value is -2.63. The van der Waals surface area contributed by atoms with Crippen LogP contribution in [-0.4, -0.2) is 23.0 Å². The number of anilines is 2. The van der Waals surface area contributed by atoms with E-state index in [9.17, 15) is 9.59 Å². The summed E-state index contributed by atoms with van der Waals surface area (Å²) in [5.41, 5.74) is 1.42. The normalized spacial score (nSPS) is 10.0. The van der Waals surface area contributed by atoms with Crippen LogP contribution in [0.3, 0.4) is 0 Å². The number of carbonyl (C=O) groups is 1. The third kappa shape index (κ3) is 3.19. The maximum atomic E-state index is 11.4. The van der Waals surface area contributed by atoms with E-state index < -0.39 is 5.97 Å². The van der Waals surface area contributed by atoms with E-state index in [1.54, 1.807) is 31.2 Å². The average Bonchev–Trinajstić information content (AvgIpc) is 2.37. The third-order valence-corrected chi connectivity index (χ3v) is 2.42. The Balaban J connectivity index is 2.28. The van der Waals surface area contributed by atoms with Crippen molar-refractivity contribution in [2.45, 2.75) is 6.92 Å². The molecular formula is C13H13N3O3. The third-order valence-electron chi connectivity index (χ3n) is 2.42. The Labute approximate surface area is 109 Å². The number of nitrogens with one attached hydrogen (secondary N) is 2. The molecule has 1 heterocycles. The highest BCUT2D eigenvalue weighted by atomic mass is 16.5. The highest BCUT2D eigenvalue weighted by Crippen LogP contribution is 2.14. The van der Waals surface area contributed by atoms with E-state index in [0.29, 0.717) is 22.9 Å². The molecule has 0 fully saturated rings. The number of hydrogen-bond acceptors (Lipinski definition) is 5. The molecule has 1 aromatic heterocycles. The van der Waals surface area contributed by atoms with Gasteiger partial charge in [-0.2, -0.15) is 0 Å².